The van der Waals surface area contributed by atoms with E-state index in [4.69, 9.17) is 5.73 Å². The van der Waals surface area contributed by atoms with E-state index in [1.807, 2.05) is 0 Å². The first-order valence-electron chi connectivity index (χ1n) is 5.76. The van der Waals surface area contributed by atoms with Crippen LogP contribution in [0, 0.1) is 0 Å². The number of ether oxygens (including phenoxy) is 1. The van der Waals surface area contributed by atoms with E-state index in [2.05, 4.69) is 20.7 Å². The third-order valence-electron chi connectivity index (χ3n) is 2.63. The number of hydrogen-bond donors (Lipinski definition) is 2. The maximum absolute atomic E-state index is 13.8. The molecule has 1 aromatic carbocycles. The molecule has 1 rings (SSSR count). The van der Waals surface area contributed by atoms with Crippen molar-refractivity contribution in [2.45, 2.75) is 25.3 Å². The molecule has 0 aliphatic rings. The monoisotopic (exact) mass is 373 g/mol. The molecular formula is C12H12BrF4NO3. The third-order valence-corrected chi connectivity index (χ3v) is 3.27. The van der Waals surface area contributed by atoms with Crippen LogP contribution in [0.2, 0.25) is 0 Å². The molecule has 0 heterocycles. The Kier molecular flexibility index (Phi) is 5.57. The number of carbonyl (C=O) groups excluding carboxylic acids is 1. The minimum atomic E-state index is -4.86. The largest absolute Gasteiger partial charge is 0.506 e. The zero-order chi connectivity index (χ0) is 16.4. The van der Waals surface area contributed by atoms with E-state index in [1.54, 1.807) is 0 Å². The Hall–Kier alpha value is -1.35. The second-order valence-electron chi connectivity index (χ2n) is 4.03. The summed E-state index contributed by atoms with van der Waals surface area (Å²) < 4.78 is 56.9. The van der Waals surface area contributed by atoms with Crippen LogP contribution in [-0.4, -0.2) is 23.9 Å². The van der Waals surface area contributed by atoms with Crippen LogP contribution in [0.5, 0.6) is 5.75 Å². The van der Waals surface area contributed by atoms with Gasteiger partial charge in [0.25, 0.3) is 0 Å². The van der Waals surface area contributed by atoms with Crippen molar-refractivity contribution in [3.05, 3.63) is 27.7 Å². The quantitative estimate of drug-likeness (QED) is 0.628. The molecule has 3 N–H and O–H groups in total. The molecule has 0 aromatic heterocycles. The van der Waals surface area contributed by atoms with Crippen LogP contribution >= 0.6 is 15.9 Å². The van der Waals surface area contributed by atoms with E-state index >= 15 is 0 Å². The van der Waals surface area contributed by atoms with Gasteiger partial charge in [0.2, 0.25) is 6.17 Å². The van der Waals surface area contributed by atoms with E-state index in [1.165, 1.54) is 6.92 Å². The highest BCUT2D eigenvalue weighted by Crippen LogP contribution is 2.42. The van der Waals surface area contributed by atoms with E-state index < -0.39 is 41.2 Å². The average molecular weight is 374 g/mol. The van der Waals surface area contributed by atoms with Gasteiger partial charge in [-0.2, -0.15) is 13.2 Å². The van der Waals surface area contributed by atoms with Gasteiger partial charge in [-0.05, 0) is 35.0 Å². The Balaban J connectivity index is 3.33. The van der Waals surface area contributed by atoms with Gasteiger partial charge in [-0.1, -0.05) is 0 Å². The first-order valence-corrected chi connectivity index (χ1v) is 6.55. The highest BCUT2D eigenvalue weighted by Gasteiger charge is 2.40. The molecule has 0 amide bonds. The number of alkyl halides is 4. The normalized spacial score (nSPS) is 14.6. The maximum Gasteiger partial charge on any atom is 0.416 e. The van der Waals surface area contributed by atoms with Gasteiger partial charge in [-0.25, -0.2) is 9.18 Å². The Morgan fingerprint density at radius 3 is 2.52 bits per heavy atom. The average Bonchev–Trinajstić information content (AvgIpc) is 2.39. The van der Waals surface area contributed by atoms with Crippen molar-refractivity contribution in [1.82, 2.24) is 0 Å². The minimum Gasteiger partial charge on any atom is -0.506 e. The van der Waals surface area contributed by atoms with Crippen molar-refractivity contribution < 1.29 is 32.2 Å². The van der Waals surface area contributed by atoms with Crippen LogP contribution in [0.25, 0.3) is 0 Å². The summed E-state index contributed by atoms with van der Waals surface area (Å²) in [6.07, 6.45) is -7.40. The molecule has 0 bridgehead atoms. The molecule has 0 fully saturated rings. The van der Waals surface area contributed by atoms with Crippen molar-refractivity contribution in [1.29, 1.82) is 0 Å². The van der Waals surface area contributed by atoms with Crippen LogP contribution < -0.4 is 5.73 Å². The number of nitrogens with two attached hydrogens (primary N) is 1. The van der Waals surface area contributed by atoms with Crippen LogP contribution in [-0.2, 0) is 15.7 Å². The SMILES string of the molecule is CCOC(=O)C(F)[C@@H](N)c1c(C(F)(F)F)ccc(Br)c1O. The second kappa shape index (κ2) is 6.61. The molecule has 21 heavy (non-hydrogen) atoms. The summed E-state index contributed by atoms with van der Waals surface area (Å²) in [6.45, 7) is 1.26. The fraction of sp³-hybridized carbons (Fsp3) is 0.417. The Bertz CT molecular complexity index is 536. The zero-order valence-corrected chi connectivity index (χ0v) is 12.3. The topological polar surface area (TPSA) is 72.5 Å². The molecule has 0 saturated carbocycles. The first-order chi connectivity index (χ1) is 9.61. The van der Waals surface area contributed by atoms with Gasteiger partial charge in [0.1, 0.15) is 5.75 Å². The summed E-state index contributed by atoms with van der Waals surface area (Å²) in [7, 11) is 0. The number of esters is 1. The van der Waals surface area contributed by atoms with Crippen molar-refractivity contribution >= 4 is 21.9 Å². The number of aromatic hydroxyl groups is 1. The molecule has 4 nitrogen and oxygen atoms in total. The van der Waals surface area contributed by atoms with E-state index in [9.17, 15) is 27.5 Å². The highest BCUT2D eigenvalue weighted by molar-refractivity contribution is 9.10. The molecular weight excluding hydrogens is 362 g/mol. The van der Waals surface area contributed by atoms with Crippen LogP contribution in [0.4, 0.5) is 17.6 Å². The number of phenolic OH excluding ortho intramolecular Hbond substituents is 1. The van der Waals surface area contributed by atoms with Gasteiger partial charge < -0.3 is 15.6 Å². The standard InChI is InChI=1S/C12H12BrF4NO3/c1-2-21-11(20)8(14)9(18)7-5(12(15,16)17)3-4-6(13)10(7)19/h3-4,8-9,19H,2,18H2,1H3/t8?,9-/m0/s1. The smallest absolute Gasteiger partial charge is 0.416 e. The number of carbonyl (C=O) groups is 1. The Morgan fingerprint density at radius 2 is 2.05 bits per heavy atom. The van der Waals surface area contributed by atoms with E-state index in [0.29, 0.717) is 6.07 Å². The highest BCUT2D eigenvalue weighted by atomic mass is 79.9. The summed E-state index contributed by atoms with van der Waals surface area (Å²) in [6, 6.07) is -0.429. The summed E-state index contributed by atoms with van der Waals surface area (Å²) in [5.74, 6) is -2.26. The van der Waals surface area contributed by atoms with Crippen LogP contribution in [0.3, 0.4) is 0 Å². The summed E-state index contributed by atoms with van der Waals surface area (Å²) >= 11 is 2.82. The maximum atomic E-state index is 13.8. The van der Waals surface area contributed by atoms with Gasteiger partial charge in [0, 0.05) is 5.56 Å². The lowest BCUT2D eigenvalue weighted by atomic mass is 9.96. The summed E-state index contributed by atoms with van der Waals surface area (Å²) in [5, 5.41) is 9.73. The molecule has 0 aliphatic heterocycles. The van der Waals surface area contributed by atoms with Crippen molar-refractivity contribution in [2.24, 2.45) is 5.73 Å². The molecule has 0 spiro atoms. The van der Waals surface area contributed by atoms with E-state index in [-0.39, 0.29) is 11.1 Å². The number of benzene rings is 1. The number of halogens is 5. The molecule has 0 saturated heterocycles. The van der Waals surface area contributed by atoms with Gasteiger partial charge >= 0.3 is 12.1 Å². The Morgan fingerprint density at radius 1 is 1.48 bits per heavy atom. The van der Waals surface area contributed by atoms with Gasteiger partial charge in [-0.3, -0.25) is 0 Å². The molecule has 9 heteroatoms. The fourth-order valence-corrected chi connectivity index (χ4v) is 2.03. The number of hydrogen-bond acceptors (Lipinski definition) is 4. The van der Waals surface area contributed by atoms with Gasteiger partial charge in [0.15, 0.2) is 0 Å². The predicted molar refractivity (Wildman–Crippen MR) is 69.3 cm³/mol. The van der Waals surface area contributed by atoms with Gasteiger partial charge in [-0.15, -0.1) is 0 Å². The van der Waals surface area contributed by atoms with Crippen molar-refractivity contribution in [2.75, 3.05) is 6.61 Å². The van der Waals surface area contributed by atoms with Crippen LogP contribution in [0.15, 0.2) is 16.6 Å². The number of rotatable bonds is 4. The molecule has 1 aromatic rings. The zero-order valence-electron chi connectivity index (χ0n) is 10.7. The van der Waals surface area contributed by atoms with Gasteiger partial charge in [0.05, 0.1) is 22.7 Å². The molecule has 2 atom stereocenters. The second-order valence-corrected chi connectivity index (χ2v) is 4.89. The fourth-order valence-electron chi connectivity index (χ4n) is 1.68. The predicted octanol–water partition coefficient (Wildman–Crippen LogP) is 3.07. The van der Waals surface area contributed by atoms with E-state index in [0.717, 1.165) is 6.07 Å². The first kappa shape index (κ1) is 17.7. The summed E-state index contributed by atoms with van der Waals surface area (Å²) in [4.78, 5) is 11.3. The van der Waals surface area contributed by atoms with Crippen molar-refractivity contribution in [3.8, 4) is 5.75 Å². The molecule has 0 radical (unpaired) electrons. The van der Waals surface area contributed by atoms with Crippen molar-refractivity contribution in [3.63, 3.8) is 0 Å². The molecule has 118 valence electrons. The van der Waals surface area contributed by atoms with Crippen LogP contribution in [0.1, 0.15) is 24.1 Å². The lowest BCUT2D eigenvalue weighted by Gasteiger charge is -2.22. The third kappa shape index (κ3) is 3.85. The number of phenols is 1. The lowest BCUT2D eigenvalue weighted by molar-refractivity contribution is -0.150. The molecule has 0 aliphatic carbocycles. The molecule has 1 unspecified atom stereocenters. The lowest BCUT2D eigenvalue weighted by Crippen LogP contribution is -2.33. The summed E-state index contributed by atoms with van der Waals surface area (Å²) in [5.41, 5.74) is 3.16. The Labute approximate surface area is 126 Å². The minimum absolute atomic E-state index is 0.1000.